The molecule has 162 valence electrons. The minimum absolute atomic E-state index is 0.143. The maximum atomic E-state index is 12.5. The van der Waals surface area contributed by atoms with Crippen LogP contribution < -0.4 is 20.1 Å². The van der Waals surface area contributed by atoms with Crippen molar-refractivity contribution in [3.63, 3.8) is 0 Å². The van der Waals surface area contributed by atoms with Gasteiger partial charge in [-0.1, -0.05) is 31.5 Å². The number of rotatable bonds is 12. The van der Waals surface area contributed by atoms with Crippen LogP contribution in [0.15, 0.2) is 42.5 Å². The fourth-order valence-corrected chi connectivity index (χ4v) is 2.99. The fraction of sp³-hybridized carbons (Fsp3) is 0.417. The van der Waals surface area contributed by atoms with Crippen LogP contribution in [0.5, 0.6) is 11.5 Å². The molecule has 2 rings (SSSR count). The van der Waals surface area contributed by atoms with E-state index in [1.165, 1.54) is 0 Å². The largest absolute Gasteiger partial charge is 0.490 e. The van der Waals surface area contributed by atoms with Gasteiger partial charge in [-0.3, -0.25) is 9.59 Å². The molecule has 2 N–H and O–H groups in total. The van der Waals surface area contributed by atoms with Gasteiger partial charge in [0.2, 0.25) is 5.91 Å². The first kappa shape index (κ1) is 23.3. The van der Waals surface area contributed by atoms with E-state index in [4.69, 9.17) is 9.47 Å². The predicted octanol–water partition coefficient (Wildman–Crippen LogP) is 4.59. The molecule has 0 radical (unpaired) electrons. The molecule has 0 atom stereocenters. The second-order valence-corrected chi connectivity index (χ2v) is 6.85. The molecule has 2 amide bonds. The van der Waals surface area contributed by atoms with Gasteiger partial charge in [-0.05, 0) is 56.5 Å². The highest BCUT2D eigenvalue weighted by molar-refractivity contribution is 6.03. The lowest BCUT2D eigenvalue weighted by atomic mass is 10.1. The summed E-state index contributed by atoms with van der Waals surface area (Å²) in [5.41, 5.74) is 1.99. The van der Waals surface area contributed by atoms with Crippen LogP contribution in [-0.4, -0.2) is 31.6 Å². The molecule has 2 aromatic rings. The SMILES string of the molecule is CCCCNC(=O)c1ccccc1NC(=O)CCc1ccc(OCC)c(OCC)c1. The van der Waals surface area contributed by atoms with Crippen molar-refractivity contribution in [2.24, 2.45) is 0 Å². The van der Waals surface area contributed by atoms with E-state index < -0.39 is 0 Å². The molecule has 6 heteroatoms. The number of ether oxygens (including phenoxy) is 2. The summed E-state index contributed by atoms with van der Waals surface area (Å²) >= 11 is 0. The number of nitrogens with one attached hydrogen (secondary N) is 2. The number of amides is 2. The molecule has 0 aliphatic rings. The summed E-state index contributed by atoms with van der Waals surface area (Å²) in [4.78, 5) is 24.9. The highest BCUT2D eigenvalue weighted by Crippen LogP contribution is 2.29. The summed E-state index contributed by atoms with van der Waals surface area (Å²) in [5, 5.41) is 5.76. The zero-order chi connectivity index (χ0) is 21.8. The average molecular weight is 413 g/mol. The molecule has 0 saturated carbocycles. The quantitative estimate of drug-likeness (QED) is 0.500. The Morgan fingerprint density at radius 1 is 0.933 bits per heavy atom. The van der Waals surface area contributed by atoms with Crippen LogP contribution in [0.4, 0.5) is 5.69 Å². The van der Waals surface area contributed by atoms with Gasteiger partial charge in [-0.15, -0.1) is 0 Å². The molecular formula is C24H32N2O4. The monoisotopic (exact) mass is 412 g/mol. The second kappa shape index (κ2) is 12.5. The van der Waals surface area contributed by atoms with Crippen LogP contribution in [0, 0.1) is 0 Å². The van der Waals surface area contributed by atoms with Crippen molar-refractivity contribution in [2.75, 3.05) is 25.1 Å². The van der Waals surface area contributed by atoms with Gasteiger partial charge >= 0.3 is 0 Å². The molecule has 0 spiro atoms. The van der Waals surface area contributed by atoms with Gasteiger partial charge in [0.1, 0.15) is 0 Å². The van der Waals surface area contributed by atoms with E-state index in [1.807, 2.05) is 32.0 Å². The lowest BCUT2D eigenvalue weighted by Crippen LogP contribution is -2.26. The maximum Gasteiger partial charge on any atom is 0.253 e. The van der Waals surface area contributed by atoms with Crippen LogP contribution in [0.2, 0.25) is 0 Å². The van der Waals surface area contributed by atoms with Crippen molar-refractivity contribution in [2.45, 2.75) is 46.5 Å². The van der Waals surface area contributed by atoms with Crippen LogP contribution in [0.1, 0.15) is 56.0 Å². The van der Waals surface area contributed by atoms with E-state index in [0.29, 0.717) is 55.4 Å². The van der Waals surface area contributed by atoms with E-state index in [0.717, 1.165) is 18.4 Å². The minimum atomic E-state index is -0.174. The molecule has 0 aliphatic carbocycles. The number of hydrogen-bond donors (Lipinski definition) is 2. The summed E-state index contributed by atoms with van der Waals surface area (Å²) in [7, 11) is 0. The molecule has 0 unspecified atom stereocenters. The van der Waals surface area contributed by atoms with Crippen LogP contribution >= 0.6 is 0 Å². The average Bonchev–Trinajstić information content (AvgIpc) is 2.74. The van der Waals surface area contributed by atoms with Gasteiger partial charge in [0.15, 0.2) is 11.5 Å². The summed E-state index contributed by atoms with van der Waals surface area (Å²) in [6, 6.07) is 12.8. The summed E-state index contributed by atoms with van der Waals surface area (Å²) < 4.78 is 11.2. The number of carbonyl (C=O) groups excluding carboxylic acids is 2. The van der Waals surface area contributed by atoms with Gasteiger partial charge in [-0.25, -0.2) is 0 Å². The summed E-state index contributed by atoms with van der Waals surface area (Å²) in [6.07, 6.45) is 2.79. The van der Waals surface area contributed by atoms with Crippen molar-refractivity contribution in [3.05, 3.63) is 53.6 Å². The Kier molecular flexibility index (Phi) is 9.71. The first-order valence-corrected chi connectivity index (χ1v) is 10.6. The molecule has 6 nitrogen and oxygen atoms in total. The van der Waals surface area contributed by atoms with Crippen molar-refractivity contribution < 1.29 is 19.1 Å². The molecular weight excluding hydrogens is 380 g/mol. The minimum Gasteiger partial charge on any atom is -0.490 e. The van der Waals surface area contributed by atoms with Crippen molar-refractivity contribution in [3.8, 4) is 11.5 Å². The number of carbonyl (C=O) groups is 2. The Hall–Kier alpha value is -3.02. The molecule has 30 heavy (non-hydrogen) atoms. The molecule has 0 heterocycles. The highest BCUT2D eigenvalue weighted by atomic mass is 16.5. The normalized spacial score (nSPS) is 10.4. The van der Waals surface area contributed by atoms with Crippen LogP contribution in [0.3, 0.4) is 0 Å². The van der Waals surface area contributed by atoms with Crippen molar-refractivity contribution in [1.82, 2.24) is 5.32 Å². The van der Waals surface area contributed by atoms with E-state index in [9.17, 15) is 9.59 Å². The Labute approximate surface area is 179 Å². The topological polar surface area (TPSA) is 76.7 Å². The van der Waals surface area contributed by atoms with E-state index >= 15 is 0 Å². The maximum absolute atomic E-state index is 12.5. The van der Waals surface area contributed by atoms with Crippen molar-refractivity contribution >= 4 is 17.5 Å². The molecule has 0 bridgehead atoms. The van der Waals surface area contributed by atoms with Crippen LogP contribution in [0.25, 0.3) is 0 Å². The van der Waals surface area contributed by atoms with E-state index in [-0.39, 0.29) is 11.8 Å². The Bertz CT molecular complexity index is 836. The third-order valence-electron chi connectivity index (χ3n) is 4.51. The smallest absolute Gasteiger partial charge is 0.253 e. The molecule has 0 aromatic heterocycles. The van der Waals surface area contributed by atoms with Gasteiger partial charge < -0.3 is 20.1 Å². The first-order chi connectivity index (χ1) is 14.6. The van der Waals surface area contributed by atoms with Gasteiger partial charge in [0, 0.05) is 13.0 Å². The zero-order valence-electron chi connectivity index (χ0n) is 18.1. The summed E-state index contributed by atoms with van der Waals surface area (Å²) in [5.74, 6) is 1.07. The molecule has 0 aliphatic heterocycles. The van der Waals surface area contributed by atoms with E-state index in [1.54, 1.807) is 24.3 Å². The third kappa shape index (κ3) is 7.10. The number of benzene rings is 2. The number of hydrogen-bond acceptors (Lipinski definition) is 4. The second-order valence-electron chi connectivity index (χ2n) is 6.85. The Balaban J connectivity index is 1.98. The highest BCUT2D eigenvalue weighted by Gasteiger charge is 2.13. The van der Waals surface area contributed by atoms with Crippen LogP contribution in [-0.2, 0) is 11.2 Å². The standard InChI is InChI=1S/C24H32N2O4/c1-4-7-16-25-24(28)19-10-8-9-11-20(19)26-23(27)15-13-18-12-14-21(29-5-2)22(17-18)30-6-3/h8-12,14,17H,4-7,13,15-16H2,1-3H3,(H,25,28)(H,26,27). The molecule has 0 saturated heterocycles. The number of anilines is 1. The van der Waals surface area contributed by atoms with Gasteiger partial charge in [0.25, 0.3) is 5.91 Å². The molecule has 2 aromatic carbocycles. The number of aryl methyl sites for hydroxylation is 1. The summed E-state index contributed by atoms with van der Waals surface area (Å²) in [6.45, 7) is 7.65. The van der Waals surface area contributed by atoms with Crippen molar-refractivity contribution in [1.29, 1.82) is 0 Å². The number of para-hydroxylation sites is 1. The Morgan fingerprint density at radius 2 is 1.67 bits per heavy atom. The third-order valence-corrected chi connectivity index (χ3v) is 4.51. The fourth-order valence-electron chi connectivity index (χ4n) is 2.99. The lowest BCUT2D eigenvalue weighted by Gasteiger charge is -2.13. The lowest BCUT2D eigenvalue weighted by molar-refractivity contribution is -0.116. The Morgan fingerprint density at radius 3 is 2.40 bits per heavy atom. The van der Waals surface area contributed by atoms with Gasteiger partial charge in [0.05, 0.1) is 24.5 Å². The zero-order valence-corrected chi connectivity index (χ0v) is 18.1. The first-order valence-electron chi connectivity index (χ1n) is 10.6. The van der Waals surface area contributed by atoms with E-state index in [2.05, 4.69) is 17.6 Å². The number of unbranched alkanes of at least 4 members (excludes halogenated alkanes) is 1. The molecule has 0 fully saturated rings. The van der Waals surface area contributed by atoms with Gasteiger partial charge in [-0.2, -0.15) is 0 Å². The predicted molar refractivity (Wildman–Crippen MR) is 119 cm³/mol.